The fourth-order valence-electron chi connectivity index (χ4n) is 2.10. The average molecular weight is 271 g/mol. The Balaban J connectivity index is 2.62. The molecule has 1 saturated heterocycles. The van der Waals surface area contributed by atoms with E-state index in [4.69, 9.17) is 0 Å². The molecule has 0 aromatic carbocycles. The van der Waals surface area contributed by atoms with Crippen LogP contribution >= 0.6 is 0 Å². The molecular weight excluding hydrogens is 250 g/mol. The maximum absolute atomic E-state index is 11.8. The van der Waals surface area contributed by atoms with Gasteiger partial charge in [0.2, 0.25) is 5.91 Å². The predicted octanol–water partition coefficient (Wildman–Crippen LogP) is 0.208. The van der Waals surface area contributed by atoms with Crippen LogP contribution in [0, 0.1) is 0 Å². The van der Waals surface area contributed by atoms with Crippen molar-refractivity contribution in [3.63, 3.8) is 0 Å². The number of carbonyl (C=O) groups excluding carboxylic acids is 2. The number of rotatable bonds is 5. The van der Waals surface area contributed by atoms with E-state index in [1.807, 2.05) is 0 Å². The third-order valence-electron chi connectivity index (χ3n) is 3.56. The van der Waals surface area contributed by atoms with Crippen LogP contribution < -0.4 is 16.0 Å². The predicted molar refractivity (Wildman–Crippen MR) is 68.6 cm³/mol. The number of carbonyl (C=O) groups is 3. The molecule has 1 aliphatic rings. The highest BCUT2D eigenvalue weighted by Gasteiger charge is 2.37. The van der Waals surface area contributed by atoms with Gasteiger partial charge in [0.05, 0.1) is 0 Å². The van der Waals surface area contributed by atoms with Gasteiger partial charge in [0.15, 0.2) is 0 Å². The maximum Gasteiger partial charge on any atom is 0.329 e. The van der Waals surface area contributed by atoms with Gasteiger partial charge in [-0.1, -0.05) is 13.8 Å². The number of hydrogen-bond donors (Lipinski definition) is 4. The highest BCUT2D eigenvalue weighted by molar-refractivity contribution is 5.90. The zero-order chi connectivity index (χ0) is 14.5. The summed E-state index contributed by atoms with van der Waals surface area (Å²) in [5, 5.41) is 16.9. The molecule has 3 amide bonds. The summed E-state index contributed by atoms with van der Waals surface area (Å²) >= 11 is 0. The maximum atomic E-state index is 11.8. The largest absolute Gasteiger partial charge is 0.480 e. The molecule has 0 spiro atoms. The summed E-state index contributed by atoms with van der Waals surface area (Å²) in [4.78, 5) is 34.6. The van der Waals surface area contributed by atoms with Crippen molar-refractivity contribution < 1.29 is 19.5 Å². The van der Waals surface area contributed by atoms with Crippen LogP contribution in [0.1, 0.15) is 39.5 Å². The summed E-state index contributed by atoms with van der Waals surface area (Å²) in [6.07, 6.45) is 1.92. The fourth-order valence-corrected chi connectivity index (χ4v) is 2.10. The zero-order valence-corrected chi connectivity index (χ0v) is 11.3. The van der Waals surface area contributed by atoms with Gasteiger partial charge >= 0.3 is 12.0 Å². The van der Waals surface area contributed by atoms with Gasteiger partial charge in [-0.3, -0.25) is 4.79 Å². The van der Waals surface area contributed by atoms with E-state index in [0.717, 1.165) is 6.42 Å². The van der Waals surface area contributed by atoms with Gasteiger partial charge < -0.3 is 21.1 Å². The van der Waals surface area contributed by atoms with E-state index in [-0.39, 0.29) is 18.7 Å². The Morgan fingerprint density at radius 2 is 2.05 bits per heavy atom. The van der Waals surface area contributed by atoms with Gasteiger partial charge in [-0.05, 0) is 25.7 Å². The lowest BCUT2D eigenvalue weighted by molar-refractivity contribution is -0.144. The van der Waals surface area contributed by atoms with E-state index in [9.17, 15) is 19.5 Å². The number of carboxylic acid groups (broad SMARTS) is 1. The smallest absolute Gasteiger partial charge is 0.329 e. The van der Waals surface area contributed by atoms with Gasteiger partial charge in [-0.2, -0.15) is 0 Å². The lowest BCUT2D eigenvalue weighted by Gasteiger charge is -2.30. The molecule has 7 heteroatoms. The molecule has 1 atom stereocenters. The second kappa shape index (κ2) is 6.40. The number of nitrogens with one attached hydrogen (secondary N) is 3. The highest BCUT2D eigenvalue weighted by atomic mass is 16.4. The minimum Gasteiger partial charge on any atom is -0.480 e. The molecule has 1 heterocycles. The third kappa shape index (κ3) is 3.59. The summed E-state index contributed by atoms with van der Waals surface area (Å²) in [5.41, 5.74) is -1.28. The van der Waals surface area contributed by atoms with E-state index in [1.54, 1.807) is 13.8 Å². The van der Waals surface area contributed by atoms with Gasteiger partial charge in [-0.15, -0.1) is 0 Å². The number of amides is 3. The van der Waals surface area contributed by atoms with Crippen LogP contribution in [0.4, 0.5) is 4.79 Å². The quantitative estimate of drug-likeness (QED) is 0.573. The molecule has 7 nitrogen and oxygen atoms in total. The van der Waals surface area contributed by atoms with Gasteiger partial charge in [0.25, 0.3) is 0 Å². The first-order chi connectivity index (χ1) is 8.95. The second-order valence-corrected chi connectivity index (χ2v) is 4.68. The third-order valence-corrected chi connectivity index (χ3v) is 3.56. The van der Waals surface area contributed by atoms with Crippen molar-refractivity contribution in [2.45, 2.75) is 51.1 Å². The second-order valence-electron chi connectivity index (χ2n) is 4.68. The lowest BCUT2D eigenvalue weighted by Crippen LogP contribution is -2.60. The summed E-state index contributed by atoms with van der Waals surface area (Å²) in [6.45, 7) is 4.01. The van der Waals surface area contributed by atoms with Gasteiger partial charge in [-0.25, -0.2) is 9.59 Å². The minimum atomic E-state index is -1.28. The Hall–Kier alpha value is -1.79. The molecule has 1 rings (SSSR count). The van der Waals surface area contributed by atoms with Crippen LogP contribution in [0.25, 0.3) is 0 Å². The Kier molecular flexibility index (Phi) is 5.14. The highest BCUT2D eigenvalue weighted by Crippen LogP contribution is 2.15. The normalized spacial score (nSPS) is 19.5. The van der Waals surface area contributed by atoms with Gasteiger partial charge in [0.1, 0.15) is 11.6 Å². The Labute approximate surface area is 112 Å². The molecule has 0 bridgehead atoms. The number of urea groups is 1. The molecule has 19 heavy (non-hydrogen) atoms. The van der Waals surface area contributed by atoms with Crippen molar-refractivity contribution in [3.05, 3.63) is 0 Å². The van der Waals surface area contributed by atoms with E-state index < -0.39 is 23.6 Å². The van der Waals surface area contributed by atoms with Crippen LogP contribution in [0.15, 0.2) is 0 Å². The summed E-state index contributed by atoms with van der Waals surface area (Å²) in [5.74, 6) is -1.30. The summed E-state index contributed by atoms with van der Waals surface area (Å²) in [6, 6.07) is -1.21. The molecule has 4 N–H and O–H groups in total. The fraction of sp³-hybridized carbons (Fsp3) is 0.750. The minimum absolute atomic E-state index is 0.227. The lowest BCUT2D eigenvalue weighted by atomic mass is 9.93. The Bertz CT molecular complexity index is 366. The zero-order valence-electron chi connectivity index (χ0n) is 11.3. The monoisotopic (exact) mass is 271 g/mol. The number of piperidine rings is 1. The molecule has 1 aliphatic heterocycles. The molecule has 0 saturated carbocycles. The summed E-state index contributed by atoms with van der Waals surface area (Å²) < 4.78 is 0. The Morgan fingerprint density at radius 3 is 2.53 bits per heavy atom. The number of carboxylic acids is 1. The number of aliphatic carboxylic acids is 1. The molecule has 0 aromatic heterocycles. The first-order valence-electron chi connectivity index (χ1n) is 6.55. The molecule has 1 fully saturated rings. The first-order valence-corrected chi connectivity index (χ1v) is 6.55. The van der Waals surface area contributed by atoms with Crippen molar-refractivity contribution in [1.29, 1.82) is 0 Å². The van der Waals surface area contributed by atoms with Crippen LogP contribution in [-0.4, -0.2) is 41.1 Å². The standard InChI is InChI=1S/C12H21N3O4/c1-3-12(4-2,10(17)18)15-11(19)14-8-6-5-7-13-9(8)16/h8H,3-7H2,1-2H3,(H,13,16)(H,17,18)(H2,14,15,19). The molecule has 0 radical (unpaired) electrons. The van der Waals surface area contributed by atoms with Crippen LogP contribution in [0.3, 0.4) is 0 Å². The molecule has 0 aromatic rings. The van der Waals surface area contributed by atoms with Crippen molar-refractivity contribution in [3.8, 4) is 0 Å². The molecular formula is C12H21N3O4. The SMILES string of the molecule is CCC(CC)(NC(=O)NC1CCCNC1=O)C(=O)O. The molecule has 108 valence electrons. The Morgan fingerprint density at radius 1 is 1.42 bits per heavy atom. The average Bonchev–Trinajstić information content (AvgIpc) is 2.38. The van der Waals surface area contributed by atoms with E-state index in [1.165, 1.54) is 0 Å². The first kappa shape index (κ1) is 15.3. The summed E-state index contributed by atoms with van der Waals surface area (Å²) in [7, 11) is 0. The topological polar surface area (TPSA) is 108 Å². The molecule has 1 unspecified atom stereocenters. The van der Waals surface area contributed by atoms with Crippen molar-refractivity contribution in [1.82, 2.24) is 16.0 Å². The van der Waals surface area contributed by atoms with Crippen LogP contribution in [0.5, 0.6) is 0 Å². The van der Waals surface area contributed by atoms with Crippen molar-refractivity contribution in [2.24, 2.45) is 0 Å². The van der Waals surface area contributed by atoms with Crippen LogP contribution in [-0.2, 0) is 9.59 Å². The van der Waals surface area contributed by atoms with Crippen LogP contribution in [0.2, 0.25) is 0 Å². The van der Waals surface area contributed by atoms with Gasteiger partial charge in [0, 0.05) is 6.54 Å². The van der Waals surface area contributed by atoms with Crippen molar-refractivity contribution >= 4 is 17.9 Å². The van der Waals surface area contributed by atoms with E-state index in [2.05, 4.69) is 16.0 Å². The van der Waals surface area contributed by atoms with E-state index >= 15 is 0 Å². The number of hydrogen-bond acceptors (Lipinski definition) is 3. The molecule has 0 aliphatic carbocycles. The van der Waals surface area contributed by atoms with Crippen molar-refractivity contribution in [2.75, 3.05) is 6.54 Å². The van der Waals surface area contributed by atoms with E-state index in [0.29, 0.717) is 13.0 Å².